The third-order valence-corrected chi connectivity index (χ3v) is 6.37. The molecule has 33 heavy (non-hydrogen) atoms. The van der Waals surface area contributed by atoms with Crippen molar-refractivity contribution < 1.29 is 9.53 Å². The zero-order valence-corrected chi connectivity index (χ0v) is 19.6. The number of carbonyl (C=O) groups excluding carboxylic acids is 1. The first-order valence-corrected chi connectivity index (χ1v) is 11.5. The average molecular weight is 460 g/mol. The summed E-state index contributed by atoms with van der Waals surface area (Å²) in [6, 6.07) is 22.5. The third kappa shape index (κ3) is 5.26. The van der Waals surface area contributed by atoms with Crippen molar-refractivity contribution in [2.75, 3.05) is 12.4 Å². The number of rotatable bonds is 7. The van der Waals surface area contributed by atoms with Crippen molar-refractivity contribution in [3.63, 3.8) is 0 Å². The minimum Gasteiger partial charge on any atom is -0.497 e. The molecule has 7 heteroatoms. The molecule has 0 bridgehead atoms. The lowest BCUT2D eigenvalue weighted by atomic mass is 10.1. The molecule has 3 aromatic carbocycles. The molecule has 0 aliphatic heterocycles. The van der Waals surface area contributed by atoms with Crippen LogP contribution in [0.25, 0.3) is 10.9 Å². The Bertz CT molecular complexity index is 1350. The molecule has 1 aromatic heterocycles. The fraction of sp³-hybridized carbons (Fsp3) is 0.192. The molecule has 0 aliphatic rings. The summed E-state index contributed by atoms with van der Waals surface area (Å²) >= 11 is 1.27. The number of anilines is 1. The van der Waals surface area contributed by atoms with Crippen molar-refractivity contribution in [2.24, 2.45) is 0 Å². The first-order chi connectivity index (χ1) is 15.9. The van der Waals surface area contributed by atoms with Gasteiger partial charge >= 0.3 is 0 Å². The number of amides is 1. The van der Waals surface area contributed by atoms with Crippen molar-refractivity contribution in [2.45, 2.75) is 30.8 Å². The van der Waals surface area contributed by atoms with Crippen LogP contribution in [0.1, 0.15) is 18.1 Å². The van der Waals surface area contributed by atoms with E-state index in [1.54, 1.807) is 36.8 Å². The number of aromatic nitrogens is 2. The van der Waals surface area contributed by atoms with E-state index in [2.05, 4.69) is 5.32 Å². The molecular formula is C26H25N3O3S. The number of hydrogen-bond acceptors (Lipinski definition) is 5. The number of para-hydroxylation sites is 1. The number of nitrogens with one attached hydrogen (secondary N) is 1. The highest BCUT2D eigenvalue weighted by molar-refractivity contribution is 8.00. The monoisotopic (exact) mass is 459 g/mol. The van der Waals surface area contributed by atoms with Gasteiger partial charge in [0.1, 0.15) is 5.75 Å². The summed E-state index contributed by atoms with van der Waals surface area (Å²) in [5.41, 5.74) is 3.29. The molecule has 4 aromatic rings. The predicted molar refractivity (Wildman–Crippen MR) is 133 cm³/mol. The molecule has 0 spiro atoms. The van der Waals surface area contributed by atoms with Crippen LogP contribution in [-0.4, -0.2) is 27.8 Å². The Morgan fingerprint density at radius 3 is 2.61 bits per heavy atom. The molecule has 0 radical (unpaired) electrons. The molecule has 0 saturated heterocycles. The van der Waals surface area contributed by atoms with Crippen LogP contribution in [0, 0.1) is 6.92 Å². The highest BCUT2D eigenvalue weighted by Gasteiger charge is 2.20. The van der Waals surface area contributed by atoms with E-state index in [9.17, 15) is 9.59 Å². The van der Waals surface area contributed by atoms with Gasteiger partial charge in [0.25, 0.3) is 5.56 Å². The van der Waals surface area contributed by atoms with Gasteiger partial charge in [-0.15, -0.1) is 0 Å². The highest BCUT2D eigenvalue weighted by atomic mass is 32.2. The number of fused-ring (bicyclic) bond motifs is 1. The fourth-order valence-corrected chi connectivity index (χ4v) is 4.32. The summed E-state index contributed by atoms with van der Waals surface area (Å²) < 4.78 is 6.87. The quantitative estimate of drug-likeness (QED) is 0.315. The van der Waals surface area contributed by atoms with Crippen LogP contribution in [-0.2, 0) is 11.3 Å². The van der Waals surface area contributed by atoms with E-state index in [-0.39, 0.29) is 11.5 Å². The lowest BCUT2D eigenvalue weighted by Crippen LogP contribution is -2.27. The van der Waals surface area contributed by atoms with E-state index in [1.165, 1.54) is 11.8 Å². The second-order valence-corrected chi connectivity index (χ2v) is 9.08. The van der Waals surface area contributed by atoms with Crippen molar-refractivity contribution in [1.29, 1.82) is 0 Å². The van der Waals surface area contributed by atoms with Crippen LogP contribution in [0.4, 0.5) is 5.69 Å². The largest absolute Gasteiger partial charge is 0.497 e. The zero-order valence-electron chi connectivity index (χ0n) is 18.7. The summed E-state index contributed by atoms with van der Waals surface area (Å²) in [7, 11) is 1.58. The van der Waals surface area contributed by atoms with E-state index in [4.69, 9.17) is 9.72 Å². The lowest BCUT2D eigenvalue weighted by molar-refractivity contribution is -0.115. The molecule has 1 unspecified atom stereocenters. The summed E-state index contributed by atoms with van der Waals surface area (Å²) in [5.74, 6) is 0.480. The molecule has 0 fully saturated rings. The third-order valence-electron chi connectivity index (χ3n) is 5.28. The van der Waals surface area contributed by atoms with E-state index in [0.717, 1.165) is 11.1 Å². The number of thioether (sulfide) groups is 1. The topological polar surface area (TPSA) is 73.2 Å². The molecule has 0 saturated carbocycles. The number of nitrogens with zero attached hydrogens (tertiary/aromatic N) is 2. The van der Waals surface area contributed by atoms with Gasteiger partial charge in [0.15, 0.2) is 5.16 Å². The maximum absolute atomic E-state index is 13.3. The Morgan fingerprint density at radius 2 is 1.85 bits per heavy atom. The maximum atomic E-state index is 13.3. The lowest BCUT2D eigenvalue weighted by Gasteiger charge is -2.17. The van der Waals surface area contributed by atoms with Gasteiger partial charge < -0.3 is 10.1 Å². The number of carbonyl (C=O) groups is 1. The molecule has 1 amide bonds. The SMILES string of the molecule is COc1cccc(NC(=O)C(C)Sc2nc3ccccc3c(=O)n2Cc2ccc(C)cc2)c1. The molecular weight excluding hydrogens is 434 g/mol. The van der Waals surface area contributed by atoms with Crippen molar-refractivity contribution >= 4 is 34.3 Å². The van der Waals surface area contributed by atoms with Crippen LogP contribution in [0.5, 0.6) is 5.75 Å². The van der Waals surface area contributed by atoms with Gasteiger partial charge in [-0.2, -0.15) is 0 Å². The van der Waals surface area contributed by atoms with Crippen molar-refractivity contribution in [3.05, 3.63) is 94.3 Å². The number of ether oxygens (including phenoxy) is 1. The normalized spacial score (nSPS) is 11.8. The molecule has 6 nitrogen and oxygen atoms in total. The van der Waals surface area contributed by atoms with Crippen molar-refractivity contribution in [3.8, 4) is 5.75 Å². The summed E-state index contributed by atoms with van der Waals surface area (Å²) in [4.78, 5) is 30.9. The Hall–Kier alpha value is -3.58. The number of aryl methyl sites for hydroxylation is 1. The minimum absolute atomic E-state index is 0.121. The van der Waals surface area contributed by atoms with Crippen LogP contribution in [0.15, 0.2) is 82.7 Å². The van der Waals surface area contributed by atoms with Crippen LogP contribution < -0.4 is 15.6 Å². The van der Waals surface area contributed by atoms with Gasteiger partial charge in [0.05, 0.1) is 29.8 Å². The maximum Gasteiger partial charge on any atom is 0.262 e. The van der Waals surface area contributed by atoms with Crippen LogP contribution in [0.3, 0.4) is 0 Å². The molecule has 0 aliphatic carbocycles. The average Bonchev–Trinajstić information content (AvgIpc) is 2.83. The molecule has 1 N–H and O–H groups in total. The standard InChI is InChI=1S/C26H25N3O3S/c1-17-11-13-19(14-12-17)16-29-25(31)22-9-4-5-10-23(22)28-26(29)33-18(2)24(30)27-20-7-6-8-21(15-20)32-3/h4-15,18H,16H2,1-3H3,(H,27,30). The van der Waals surface area contributed by atoms with Gasteiger partial charge in [0.2, 0.25) is 5.91 Å². The van der Waals surface area contributed by atoms with E-state index in [0.29, 0.717) is 34.0 Å². The Kier molecular flexibility index (Phi) is 6.79. The van der Waals surface area contributed by atoms with Gasteiger partial charge in [-0.1, -0.05) is 59.8 Å². The minimum atomic E-state index is -0.478. The number of hydrogen-bond donors (Lipinski definition) is 1. The molecule has 4 rings (SSSR count). The smallest absolute Gasteiger partial charge is 0.262 e. The van der Waals surface area contributed by atoms with E-state index >= 15 is 0 Å². The Labute approximate surface area is 196 Å². The molecule has 168 valence electrons. The fourth-order valence-electron chi connectivity index (χ4n) is 3.41. The van der Waals surface area contributed by atoms with E-state index < -0.39 is 5.25 Å². The van der Waals surface area contributed by atoms with Crippen LogP contribution >= 0.6 is 11.8 Å². The van der Waals surface area contributed by atoms with Gasteiger partial charge in [-0.05, 0) is 43.7 Å². The number of benzene rings is 3. The summed E-state index contributed by atoms with van der Waals surface area (Å²) in [6.45, 7) is 4.21. The summed E-state index contributed by atoms with van der Waals surface area (Å²) in [6.07, 6.45) is 0. The predicted octanol–water partition coefficient (Wildman–Crippen LogP) is 4.88. The van der Waals surface area contributed by atoms with Gasteiger partial charge in [0, 0.05) is 11.8 Å². The second kappa shape index (κ2) is 9.92. The summed E-state index contributed by atoms with van der Waals surface area (Å²) in [5, 5.41) is 3.50. The van der Waals surface area contributed by atoms with E-state index in [1.807, 2.05) is 61.5 Å². The van der Waals surface area contributed by atoms with Crippen LogP contribution in [0.2, 0.25) is 0 Å². The first kappa shape index (κ1) is 22.6. The first-order valence-electron chi connectivity index (χ1n) is 10.6. The number of methoxy groups -OCH3 is 1. The zero-order chi connectivity index (χ0) is 23.4. The Morgan fingerprint density at radius 1 is 1.09 bits per heavy atom. The highest BCUT2D eigenvalue weighted by Crippen LogP contribution is 2.25. The second-order valence-electron chi connectivity index (χ2n) is 7.77. The molecule has 1 atom stereocenters. The molecule has 1 heterocycles. The van der Waals surface area contributed by atoms with Gasteiger partial charge in [-0.25, -0.2) is 4.98 Å². The van der Waals surface area contributed by atoms with Gasteiger partial charge in [-0.3, -0.25) is 14.2 Å². The Balaban J connectivity index is 1.64. The van der Waals surface area contributed by atoms with Crippen molar-refractivity contribution in [1.82, 2.24) is 9.55 Å².